The molecule has 4 rings (SSSR count). The van der Waals surface area contributed by atoms with Crippen LogP contribution < -0.4 is 10.2 Å². The highest BCUT2D eigenvalue weighted by molar-refractivity contribution is 7.89. The predicted molar refractivity (Wildman–Crippen MR) is 124 cm³/mol. The largest absolute Gasteiger partial charge is 0.326 e. The first kappa shape index (κ1) is 23.4. The van der Waals surface area contributed by atoms with Crippen LogP contribution in [0.5, 0.6) is 0 Å². The Labute approximate surface area is 197 Å². The Morgan fingerprint density at radius 2 is 1.64 bits per heavy atom. The molecule has 0 radical (unpaired) electrons. The molecule has 1 unspecified atom stereocenters. The molecule has 2 aliphatic rings. The number of nitrogens with zero attached hydrogens (tertiary/aromatic N) is 2. The number of rotatable bonds is 6. The number of anilines is 2. The van der Waals surface area contributed by atoms with Crippen molar-refractivity contribution in [3.63, 3.8) is 0 Å². The second kappa shape index (κ2) is 9.24. The molecule has 8 nitrogen and oxygen atoms in total. The zero-order valence-corrected chi connectivity index (χ0v) is 19.6. The molecule has 0 aromatic heterocycles. The number of sulfonamides is 1. The van der Waals surface area contributed by atoms with Crippen molar-refractivity contribution in [1.29, 1.82) is 0 Å². The maximum atomic E-state index is 13.6. The number of halogens is 1. The van der Waals surface area contributed by atoms with Crippen molar-refractivity contribution < 1.29 is 22.8 Å². The molecule has 2 fully saturated rings. The average Bonchev–Trinajstić information content (AvgIpc) is 3.37. The van der Waals surface area contributed by atoms with Gasteiger partial charge in [0.2, 0.25) is 21.8 Å². The molecule has 1 aliphatic heterocycles. The van der Waals surface area contributed by atoms with Gasteiger partial charge in [-0.2, -0.15) is 4.31 Å². The SMILES string of the molecule is CC(=O)Nc1ccc(N2C(=O)CC(N(C3CCCC3)S(=O)(=O)c3ccc(Cl)cc3)C2=O)cc1. The second-order valence-electron chi connectivity index (χ2n) is 8.24. The lowest BCUT2D eigenvalue weighted by atomic mass is 10.2. The van der Waals surface area contributed by atoms with Crippen LogP contribution in [0.25, 0.3) is 0 Å². The lowest BCUT2D eigenvalue weighted by Crippen LogP contribution is -2.49. The van der Waals surface area contributed by atoms with Gasteiger partial charge in [-0.25, -0.2) is 13.3 Å². The number of hydrogen-bond donors (Lipinski definition) is 1. The van der Waals surface area contributed by atoms with E-state index in [1.54, 1.807) is 24.3 Å². The average molecular weight is 490 g/mol. The Balaban J connectivity index is 1.67. The Morgan fingerprint density at radius 1 is 1.03 bits per heavy atom. The minimum atomic E-state index is -4.04. The van der Waals surface area contributed by atoms with Crippen LogP contribution in [0, 0.1) is 0 Å². The summed E-state index contributed by atoms with van der Waals surface area (Å²) >= 11 is 5.93. The summed E-state index contributed by atoms with van der Waals surface area (Å²) in [5.41, 5.74) is 0.858. The van der Waals surface area contributed by atoms with Gasteiger partial charge in [-0.3, -0.25) is 14.4 Å². The number of benzene rings is 2. The van der Waals surface area contributed by atoms with E-state index in [0.29, 0.717) is 29.2 Å². The Morgan fingerprint density at radius 3 is 2.21 bits per heavy atom. The van der Waals surface area contributed by atoms with Gasteiger partial charge in [0.1, 0.15) is 6.04 Å². The van der Waals surface area contributed by atoms with Gasteiger partial charge in [-0.1, -0.05) is 24.4 Å². The van der Waals surface area contributed by atoms with Gasteiger partial charge in [0, 0.05) is 23.7 Å². The van der Waals surface area contributed by atoms with Crippen LogP contribution in [-0.2, 0) is 24.4 Å². The van der Waals surface area contributed by atoms with Gasteiger partial charge in [-0.15, -0.1) is 0 Å². The van der Waals surface area contributed by atoms with Crippen molar-refractivity contribution in [2.45, 2.75) is 56.0 Å². The minimum Gasteiger partial charge on any atom is -0.326 e. The number of carbonyl (C=O) groups excluding carboxylic acids is 3. The molecule has 33 heavy (non-hydrogen) atoms. The zero-order valence-electron chi connectivity index (χ0n) is 18.0. The molecule has 2 aromatic rings. The van der Waals surface area contributed by atoms with Crippen molar-refractivity contribution in [2.75, 3.05) is 10.2 Å². The molecule has 0 bridgehead atoms. The Kier molecular flexibility index (Phi) is 6.56. The summed E-state index contributed by atoms with van der Waals surface area (Å²) in [5.74, 6) is -1.28. The monoisotopic (exact) mass is 489 g/mol. The molecule has 174 valence electrons. The highest BCUT2D eigenvalue weighted by Crippen LogP contribution is 2.36. The number of carbonyl (C=O) groups is 3. The molecule has 1 atom stereocenters. The van der Waals surface area contributed by atoms with Gasteiger partial charge in [-0.05, 0) is 61.4 Å². The summed E-state index contributed by atoms with van der Waals surface area (Å²) in [6, 6.07) is 10.6. The van der Waals surface area contributed by atoms with E-state index in [-0.39, 0.29) is 23.3 Å². The maximum absolute atomic E-state index is 13.6. The quantitative estimate of drug-likeness (QED) is 0.625. The van der Waals surface area contributed by atoms with E-state index in [1.807, 2.05) is 0 Å². The Hall–Kier alpha value is -2.75. The van der Waals surface area contributed by atoms with E-state index >= 15 is 0 Å². The smallest absolute Gasteiger partial charge is 0.252 e. The lowest BCUT2D eigenvalue weighted by molar-refractivity contribution is -0.122. The van der Waals surface area contributed by atoms with Crippen LogP contribution in [0.1, 0.15) is 39.0 Å². The first-order chi connectivity index (χ1) is 15.7. The fourth-order valence-corrected chi connectivity index (χ4v) is 6.44. The fraction of sp³-hybridized carbons (Fsp3) is 0.348. The van der Waals surface area contributed by atoms with Crippen LogP contribution in [-0.4, -0.2) is 42.5 Å². The lowest BCUT2D eigenvalue weighted by Gasteiger charge is -2.32. The number of amides is 3. The van der Waals surface area contributed by atoms with Gasteiger partial charge in [0.25, 0.3) is 5.91 Å². The van der Waals surface area contributed by atoms with Crippen LogP contribution in [0.15, 0.2) is 53.4 Å². The summed E-state index contributed by atoms with van der Waals surface area (Å²) < 4.78 is 28.5. The molecule has 2 aromatic carbocycles. The van der Waals surface area contributed by atoms with E-state index in [1.165, 1.54) is 35.5 Å². The highest BCUT2D eigenvalue weighted by Gasteiger charge is 2.49. The van der Waals surface area contributed by atoms with Crippen LogP contribution in [0.3, 0.4) is 0 Å². The predicted octanol–water partition coefficient (Wildman–Crippen LogP) is 3.56. The van der Waals surface area contributed by atoms with Crippen molar-refractivity contribution >= 4 is 50.7 Å². The number of imide groups is 1. The van der Waals surface area contributed by atoms with Crippen molar-refractivity contribution in [2.24, 2.45) is 0 Å². The van der Waals surface area contributed by atoms with Crippen LogP contribution in [0.2, 0.25) is 5.02 Å². The number of hydrogen-bond acceptors (Lipinski definition) is 5. The summed E-state index contributed by atoms with van der Waals surface area (Å²) in [6.45, 7) is 1.38. The van der Waals surface area contributed by atoms with Crippen molar-refractivity contribution in [1.82, 2.24) is 4.31 Å². The summed E-state index contributed by atoms with van der Waals surface area (Å²) in [6.07, 6.45) is 2.77. The molecular formula is C23H24ClN3O5S. The van der Waals surface area contributed by atoms with Crippen molar-refractivity contribution in [3.05, 3.63) is 53.6 Å². The van der Waals surface area contributed by atoms with E-state index in [4.69, 9.17) is 11.6 Å². The molecule has 0 spiro atoms. The van der Waals surface area contributed by atoms with Gasteiger partial charge < -0.3 is 5.32 Å². The third-order valence-electron chi connectivity index (χ3n) is 5.95. The standard InChI is InChI=1S/C23H24ClN3O5S/c1-15(28)25-17-8-10-18(11-9-17)26-22(29)14-21(23(26)30)27(19-4-2-3-5-19)33(31,32)20-12-6-16(24)7-13-20/h6-13,19,21H,2-5,14H2,1H3,(H,25,28). The third kappa shape index (κ3) is 4.66. The van der Waals surface area contributed by atoms with E-state index in [9.17, 15) is 22.8 Å². The molecule has 10 heteroatoms. The first-order valence-electron chi connectivity index (χ1n) is 10.7. The topological polar surface area (TPSA) is 104 Å². The first-order valence-corrected chi connectivity index (χ1v) is 12.5. The normalized spacial score (nSPS) is 19.5. The van der Waals surface area contributed by atoms with Gasteiger partial charge in [0.05, 0.1) is 17.0 Å². The third-order valence-corrected chi connectivity index (χ3v) is 8.18. The maximum Gasteiger partial charge on any atom is 0.252 e. The number of nitrogens with one attached hydrogen (secondary N) is 1. The van der Waals surface area contributed by atoms with Crippen LogP contribution >= 0.6 is 11.6 Å². The summed E-state index contributed by atoms with van der Waals surface area (Å²) in [5, 5.41) is 3.03. The van der Waals surface area contributed by atoms with Crippen molar-refractivity contribution in [3.8, 4) is 0 Å². The van der Waals surface area contributed by atoms with E-state index in [0.717, 1.165) is 17.7 Å². The highest BCUT2D eigenvalue weighted by atomic mass is 35.5. The molecule has 1 aliphatic carbocycles. The molecule has 1 saturated carbocycles. The van der Waals surface area contributed by atoms with Gasteiger partial charge in [0.15, 0.2) is 0 Å². The fourth-order valence-electron chi connectivity index (χ4n) is 4.49. The summed E-state index contributed by atoms with van der Waals surface area (Å²) in [4.78, 5) is 38.6. The van der Waals surface area contributed by atoms with Crippen LogP contribution in [0.4, 0.5) is 11.4 Å². The van der Waals surface area contributed by atoms with E-state index < -0.39 is 27.9 Å². The molecule has 1 heterocycles. The molecule has 3 amide bonds. The second-order valence-corrected chi connectivity index (χ2v) is 10.5. The zero-order chi connectivity index (χ0) is 23.8. The Bertz CT molecular complexity index is 1180. The molecular weight excluding hydrogens is 466 g/mol. The minimum absolute atomic E-state index is 0.0390. The summed E-state index contributed by atoms with van der Waals surface area (Å²) in [7, 11) is -4.04. The molecule has 1 N–H and O–H groups in total. The van der Waals surface area contributed by atoms with Gasteiger partial charge >= 0.3 is 0 Å². The van der Waals surface area contributed by atoms with E-state index in [2.05, 4.69) is 5.32 Å². The molecule has 1 saturated heterocycles.